The van der Waals surface area contributed by atoms with Crippen LogP contribution in [0.1, 0.15) is 31.2 Å². The molecule has 21 heavy (non-hydrogen) atoms. The molecular formula is C17H22N2O2. The van der Waals surface area contributed by atoms with Crippen molar-refractivity contribution in [3.05, 3.63) is 60.1 Å². The maximum atomic E-state index is 12.2. The molecule has 1 N–H and O–H groups in total. The van der Waals surface area contributed by atoms with Crippen molar-refractivity contribution in [2.75, 3.05) is 7.05 Å². The van der Waals surface area contributed by atoms with Gasteiger partial charge in [-0.15, -0.1) is 0 Å². The lowest BCUT2D eigenvalue weighted by molar-refractivity contribution is -0.126. The minimum atomic E-state index is -0.213. The number of likely N-dealkylation sites (N-methyl/N-ethyl adjacent to an activating group) is 1. The summed E-state index contributed by atoms with van der Waals surface area (Å²) in [5.74, 6) is 0.756. The number of amides is 1. The van der Waals surface area contributed by atoms with E-state index in [2.05, 4.69) is 29.3 Å². The summed E-state index contributed by atoms with van der Waals surface area (Å²) in [6.07, 6.45) is 1.61. The Bertz CT molecular complexity index is 551. The Labute approximate surface area is 125 Å². The molecule has 0 fully saturated rings. The van der Waals surface area contributed by atoms with E-state index < -0.39 is 0 Å². The number of benzene rings is 1. The van der Waals surface area contributed by atoms with Crippen molar-refractivity contribution in [3.8, 4) is 0 Å². The molecule has 112 valence electrons. The highest BCUT2D eigenvalue weighted by Crippen LogP contribution is 2.20. The van der Waals surface area contributed by atoms with Crippen LogP contribution in [0.2, 0.25) is 0 Å². The minimum absolute atomic E-state index is 0.00307. The van der Waals surface area contributed by atoms with Gasteiger partial charge in [0.15, 0.2) is 0 Å². The highest BCUT2D eigenvalue weighted by atomic mass is 16.3. The van der Waals surface area contributed by atoms with Gasteiger partial charge in [0, 0.05) is 6.04 Å². The zero-order valence-corrected chi connectivity index (χ0v) is 12.7. The number of rotatable bonds is 6. The predicted molar refractivity (Wildman–Crippen MR) is 82.6 cm³/mol. The normalized spacial score (nSPS) is 13.9. The molecule has 0 saturated heterocycles. The van der Waals surface area contributed by atoms with E-state index >= 15 is 0 Å². The van der Waals surface area contributed by atoms with Crippen LogP contribution in [0.4, 0.5) is 0 Å². The van der Waals surface area contributed by atoms with Crippen molar-refractivity contribution in [2.45, 2.75) is 32.5 Å². The van der Waals surface area contributed by atoms with Gasteiger partial charge in [-0.3, -0.25) is 9.69 Å². The average molecular weight is 286 g/mol. The van der Waals surface area contributed by atoms with E-state index in [9.17, 15) is 4.79 Å². The Balaban J connectivity index is 1.91. The molecule has 1 heterocycles. The first-order valence-electron chi connectivity index (χ1n) is 7.16. The number of hydrogen-bond donors (Lipinski definition) is 1. The zero-order valence-electron chi connectivity index (χ0n) is 12.7. The molecule has 0 saturated carbocycles. The number of nitrogens with zero attached hydrogens (tertiary/aromatic N) is 1. The van der Waals surface area contributed by atoms with Crippen LogP contribution in [0.3, 0.4) is 0 Å². The Morgan fingerprint density at radius 1 is 1.19 bits per heavy atom. The number of furan rings is 1. The van der Waals surface area contributed by atoms with Gasteiger partial charge in [-0.1, -0.05) is 30.3 Å². The summed E-state index contributed by atoms with van der Waals surface area (Å²) in [4.78, 5) is 14.3. The number of carbonyl (C=O) groups is 1. The highest BCUT2D eigenvalue weighted by molar-refractivity contribution is 5.81. The average Bonchev–Trinajstić information content (AvgIpc) is 3.04. The summed E-state index contributed by atoms with van der Waals surface area (Å²) < 4.78 is 5.21. The summed E-state index contributed by atoms with van der Waals surface area (Å²) >= 11 is 0. The largest absolute Gasteiger partial charge is 0.467 e. The lowest BCUT2D eigenvalue weighted by atomic mass is 10.1. The van der Waals surface area contributed by atoms with Crippen molar-refractivity contribution < 1.29 is 9.21 Å². The van der Waals surface area contributed by atoms with E-state index in [1.165, 1.54) is 5.56 Å². The molecule has 0 unspecified atom stereocenters. The lowest BCUT2D eigenvalue weighted by Gasteiger charge is -2.30. The molecule has 0 bridgehead atoms. The predicted octanol–water partition coefficient (Wildman–Crippen LogP) is 2.98. The first-order chi connectivity index (χ1) is 10.1. The molecule has 2 atom stereocenters. The fourth-order valence-electron chi connectivity index (χ4n) is 2.22. The second kappa shape index (κ2) is 7.09. The van der Waals surface area contributed by atoms with E-state index in [0.717, 1.165) is 5.76 Å². The molecule has 1 aromatic heterocycles. The minimum Gasteiger partial charge on any atom is -0.467 e. The van der Waals surface area contributed by atoms with Crippen LogP contribution < -0.4 is 5.32 Å². The van der Waals surface area contributed by atoms with Crippen LogP contribution in [-0.4, -0.2) is 23.9 Å². The molecule has 2 aromatic rings. The lowest BCUT2D eigenvalue weighted by Crippen LogP contribution is -2.43. The summed E-state index contributed by atoms with van der Waals surface area (Å²) in [5, 5.41) is 2.90. The molecule has 0 aliphatic rings. The fourth-order valence-corrected chi connectivity index (χ4v) is 2.22. The maximum absolute atomic E-state index is 12.2. The van der Waals surface area contributed by atoms with Crippen LogP contribution in [0.5, 0.6) is 0 Å². The quantitative estimate of drug-likeness (QED) is 0.888. The summed E-state index contributed by atoms with van der Waals surface area (Å²) in [5.41, 5.74) is 1.20. The van der Waals surface area contributed by atoms with Gasteiger partial charge in [0.1, 0.15) is 5.76 Å². The molecule has 0 spiro atoms. The molecular weight excluding hydrogens is 264 g/mol. The summed E-state index contributed by atoms with van der Waals surface area (Å²) in [6.45, 7) is 4.44. The van der Waals surface area contributed by atoms with E-state index in [4.69, 9.17) is 4.42 Å². The van der Waals surface area contributed by atoms with Crippen molar-refractivity contribution in [2.24, 2.45) is 0 Å². The topological polar surface area (TPSA) is 45.5 Å². The standard InChI is InChI=1S/C17H22N2O2/c1-13(15-8-5-4-6-9-15)19(3)14(2)17(20)18-12-16-10-7-11-21-16/h4-11,13-14H,12H2,1-3H3,(H,18,20)/t13-,14-/m1/s1. The van der Waals surface area contributed by atoms with Gasteiger partial charge in [-0.05, 0) is 38.6 Å². The van der Waals surface area contributed by atoms with Crippen LogP contribution in [0, 0.1) is 0 Å². The Morgan fingerprint density at radius 2 is 1.90 bits per heavy atom. The second-order valence-electron chi connectivity index (χ2n) is 5.23. The van der Waals surface area contributed by atoms with Crippen LogP contribution in [0.15, 0.2) is 53.1 Å². The molecule has 4 nitrogen and oxygen atoms in total. The van der Waals surface area contributed by atoms with E-state index in [1.807, 2.05) is 44.3 Å². The summed E-state index contributed by atoms with van der Waals surface area (Å²) in [6, 6.07) is 13.8. The van der Waals surface area contributed by atoms with Crippen molar-refractivity contribution in [1.82, 2.24) is 10.2 Å². The molecule has 4 heteroatoms. The van der Waals surface area contributed by atoms with Gasteiger partial charge in [0.2, 0.25) is 5.91 Å². The molecule has 2 rings (SSSR count). The first-order valence-corrected chi connectivity index (χ1v) is 7.16. The van der Waals surface area contributed by atoms with Crippen molar-refractivity contribution >= 4 is 5.91 Å². The van der Waals surface area contributed by atoms with E-state index in [0.29, 0.717) is 6.54 Å². The second-order valence-corrected chi connectivity index (χ2v) is 5.23. The van der Waals surface area contributed by atoms with Gasteiger partial charge in [0.25, 0.3) is 0 Å². The van der Waals surface area contributed by atoms with Gasteiger partial charge < -0.3 is 9.73 Å². The van der Waals surface area contributed by atoms with Gasteiger partial charge in [-0.25, -0.2) is 0 Å². The Morgan fingerprint density at radius 3 is 2.52 bits per heavy atom. The first kappa shape index (κ1) is 15.3. The Kier molecular flexibility index (Phi) is 5.17. The van der Waals surface area contributed by atoms with Gasteiger partial charge >= 0.3 is 0 Å². The molecule has 0 aliphatic carbocycles. The number of hydrogen-bond acceptors (Lipinski definition) is 3. The highest BCUT2D eigenvalue weighted by Gasteiger charge is 2.22. The number of carbonyl (C=O) groups excluding carboxylic acids is 1. The third kappa shape index (κ3) is 3.95. The molecule has 0 radical (unpaired) electrons. The number of nitrogens with one attached hydrogen (secondary N) is 1. The van der Waals surface area contributed by atoms with Crippen LogP contribution in [-0.2, 0) is 11.3 Å². The third-order valence-electron chi connectivity index (χ3n) is 3.90. The maximum Gasteiger partial charge on any atom is 0.237 e. The monoisotopic (exact) mass is 286 g/mol. The molecule has 1 amide bonds. The van der Waals surface area contributed by atoms with Crippen molar-refractivity contribution in [3.63, 3.8) is 0 Å². The van der Waals surface area contributed by atoms with E-state index in [1.54, 1.807) is 6.26 Å². The van der Waals surface area contributed by atoms with Crippen LogP contribution >= 0.6 is 0 Å². The van der Waals surface area contributed by atoms with Gasteiger partial charge in [-0.2, -0.15) is 0 Å². The zero-order chi connectivity index (χ0) is 15.2. The smallest absolute Gasteiger partial charge is 0.237 e. The molecule has 0 aliphatic heterocycles. The van der Waals surface area contributed by atoms with Gasteiger partial charge in [0.05, 0.1) is 18.8 Å². The molecule has 1 aromatic carbocycles. The van der Waals surface area contributed by atoms with Crippen LogP contribution in [0.25, 0.3) is 0 Å². The van der Waals surface area contributed by atoms with Crippen molar-refractivity contribution in [1.29, 1.82) is 0 Å². The summed E-state index contributed by atoms with van der Waals surface area (Å²) in [7, 11) is 1.97. The fraction of sp³-hybridized carbons (Fsp3) is 0.353. The van der Waals surface area contributed by atoms with E-state index in [-0.39, 0.29) is 18.0 Å². The third-order valence-corrected chi connectivity index (χ3v) is 3.90. The Hall–Kier alpha value is -2.07. The SMILES string of the molecule is C[C@H](C(=O)NCc1ccco1)N(C)[C@H](C)c1ccccc1.